The average molecular weight is 568 g/mol. The standard InChI is InChI=1S/C30H37N3O4S2/c31-20-30(12-13-30)19-25(34)23-5-1-2-6-24(23)27-28(38-29(32-27)26-7-3-4-16-37-26)21-8-10-22(11-9-21)33-14-17-39(35,36)18-15-33/h8-11,23-24,26H,1-7,12-19H2/t23-,24-,26+/m1/s1. The molecule has 2 saturated heterocycles. The van der Waals surface area contributed by atoms with E-state index in [0.717, 1.165) is 91.2 Å². The molecule has 4 fully saturated rings. The molecule has 6 rings (SSSR count). The molecule has 208 valence electrons. The van der Waals surface area contributed by atoms with E-state index in [1.165, 1.54) is 0 Å². The third-order valence-electron chi connectivity index (χ3n) is 9.10. The summed E-state index contributed by atoms with van der Waals surface area (Å²) in [4.78, 5) is 22.1. The molecule has 0 unspecified atom stereocenters. The molecule has 2 aliphatic heterocycles. The van der Waals surface area contributed by atoms with Gasteiger partial charge in [-0.1, -0.05) is 25.0 Å². The molecular formula is C30H37N3O4S2. The lowest BCUT2D eigenvalue weighted by Gasteiger charge is -2.31. The largest absolute Gasteiger partial charge is 0.371 e. The zero-order valence-electron chi connectivity index (χ0n) is 22.4. The Hall–Kier alpha value is -2.28. The number of ketones is 1. The Bertz CT molecular complexity index is 1340. The van der Waals surface area contributed by atoms with Gasteiger partial charge < -0.3 is 9.64 Å². The monoisotopic (exact) mass is 567 g/mol. The van der Waals surface area contributed by atoms with Crippen molar-refractivity contribution in [2.24, 2.45) is 11.3 Å². The van der Waals surface area contributed by atoms with Gasteiger partial charge in [0.05, 0.1) is 33.6 Å². The van der Waals surface area contributed by atoms with Gasteiger partial charge in [-0.2, -0.15) is 5.26 Å². The Morgan fingerprint density at radius 3 is 2.46 bits per heavy atom. The number of sulfone groups is 1. The van der Waals surface area contributed by atoms with Crippen molar-refractivity contribution in [3.63, 3.8) is 0 Å². The molecule has 39 heavy (non-hydrogen) atoms. The van der Waals surface area contributed by atoms with Crippen LogP contribution < -0.4 is 4.90 Å². The third-order valence-corrected chi connectivity index (χ3v) is 11.9. The van der Waals surface area contributed by atoms with Gasteiger partial charge in [0.25, 0.3) is 0 Å². The van der Waals surface area contributed by atoms with Crippen molar-refractivity contribution in [1.29, 1.82) is 5.26 Å². The number of nitrogens with zero attached hydrogens (tertiary/aromatic N) is 3. The molecule has 0 spiro atoms. The van der Waals surface area contributed by atoms with Crippen LogP contribution >= 0.6 is 11.3 Å². The number of aromatic nitrogens is 1. The Kier molecular flexibility index (Phi) is 7.55. The predicted molar refractivity (Wildman–Crippen MR) is 153 cm³/mol. The van der Waals surface area contributed by atoms with Crippen LogP contribution in [-0.2, 0) is 19.4 Å². The Morgan fingerprint density at radius 2 is 1.79 bits per heavy atom. The molecule has 0 N–H and O–H groups in total. The molecule has 1 aromatic heterocycles. The van der Waals surface area contributed by atoms with Crippen LogP contribution in [0.25, 0.3) is 10.4 Å². The summed E-state index contributed by atoms with van der Waals surface area (Å²) < 4.78 is 29.9. The van der Waals surface area contributed by atoms with E-state index in [1.54, 1.807) is 11.3 Å². The number of benzene rings is 1. The molecule has 4 aliphatic rings. The molecule has 1 aromatic carbocycles. The number of thiazole rings is 1. The number of carbonyl (C=O) groups excluding carboxylic acids is 1. The quantitative estimate of drug-likeness (QED) is 0.415. The first-order valence-electron chi connectivity index (χ1n) is 14.5. The number of hydrogen-bond acceptors (Lipinski definition) is 8. The Morgan fingerprint density at radius 1 is 1.08 bits per heavy atom. The highest BCUT2D eigenvalue weighted by molar-refractivity contribution is 7.91. The Balaban J connectivity index is 1.31. The second-order valence-electron chi connectivity index (χ2n) is 11.8. The van der Waals surface area contributed by atoms with E-state index in [0.29, 0.717) is 19.5 Å². The minimum Gasteiger partial charge on any atom is -0.371 e. The predicted octanol–water partition coefficient (Wildman–Crippen LogP) is 5.82. The van der Waals surface area contributed by atoms with Crippen molar-refractivity contribution in [3.05, 3.63) is 35.0 Å². The minimum absolute atomic E-state index is 0.0110. The number of carbonyl (C=O) groups is 1. The van der Waals surface area contributed by atoms with Crippen LogP contribution in [0.15, 0.2) is 24.3 Å². The van der Waals surface area contributed by atoms with Crippen LogP contribution in [0.3, 0.4) is 0 Å². The van der Waals surface area contributed by atoms with E-state index in [1.807, 2.05) is 0 Å². The molecule has 2 saturated carbocycles. The summed E-state index contributed by atoms with van der Waals surface area (Å²) in [6, 6.07) is 10.8. The zero-order chi connectivity index (χ0) is 27.0. The van der Waals surface area contributed by atoms with Crippen LogP contribution in [0.5, 0.6) is 0 Å². The highest BCUT2D eigenvalue weighted by atomic mass is 32.2. The van der Waals surface area contributed by atoms with Crippen molar-refractivity contribution < 1.29 is 17.9 Å². The van der Waals surface area contributed by atoms with Gasteiger partial charge in [-0.05, 0) is 62.6 Å². The first-order valence-corrected chi connectivity index (χ1v) is 17.1. The maximum absolute atomic E-state index is 13.6. The van der Waals surface area contributed by atoms with Crippen molar-refractivity contribution >= 4 is 32.6 Å². The molecule has 0 radical (unpaired) electrons. The number of rotatable bonds is 7. The summed E-state index contributed by atoms with van der Waals surface area (Å²) in [7, 11) is -2.93. The van der Waals surface area contributed by atoms with E-state index < -0.39 is 15.3 Å². The summed E-state index contributed by atoms with van der Waals surface area (Å²) in [5.74, 6) is 0.616. The van der Waals surface area contributed by atoms with Crippen LogP contribution in [0.4, 0.5) is 5.69 Å². The smallest absolute Gasteiger partial charge is 0.153 e. The molecule has 2 aliphatic carbocycles. The van der Waals surface area contributed by atoms with Gasteiger partial charge in [0.1, 0.15) is 16.9 Å². The van der Waals surface area contributed by atoms with Crippen molar-refractivity contribution in [3.8, 4) is 16.5 Å². The van der Waals surface area contributed by atoms with E-state index in [4.69, 9.17) is 9.72 Å². The SMILES string of the molecule is N#CC1(CC(=O)[C@@H]2CCCC[C@H]2c2nc([C@@H]3CCCCO3)sc2-c2ccc(N3CCS(=O)(=O)CC3)cc2)CC1. The van der Waals surface area contributed by atoms with Gasteiger partial charge >= 0.3 is 0 Å². The van der Waals surface area contributed by atoms with Crippen molar-refractivity contribution in [1.82, 2.24) is 4.98 Å². The van der Waals surface area contributed by atoms with Gasteiger partial charge in [0.15, 0.2) is 9.84 Å². The van der Waals surface area contributed by atoms with Gasteiger partial charge in [-0.25, -0.2) is 13.4 Å². The molecule has 9 heteroatoms. The lowest BCUT2D eigenvalue weighted by Crippen LogP contribution is -2.40. The molecule has 2 aromatic rings. The first-order chi connectivity index (χ1) is 18.9. The van der Waals surface area contributed by atoms with E-state index >= 15 is 0 Å². The maximum atomic E-state index is 13.6. The summed E-state index contributed by atoms with van der Waals surface area (Å²) in [6.07, 6.45) is 9.20. The van der Waals surface area contributed by atoms with Crippen molar-refractivity contribution in [2.75, 3.05) is 36.1 Å². The summed E-state index contributed by atoms with van der Waals surface area (Å²) in [6.45, 7) is 1.80. The third kappa shape index (κ3) is 5.79. The Labute approximate surface area is 235 Å². The number of ether oxygens (including phenoxy) is 1. The van der Waals surface area contributed by atoms with Crippen molar-refractivity contribution in [2.45, 2.75) is 76.2 Å². The summed E-state index contributed by atoms with van der Waals surface area (Å²) in [5, 5.41) is 10.6. The first kappa shape index (κ1) is 26.9. The minimum atomic E-state index is -2.93. The lowest BCUT2D eigenvalue weighted by atomic mass is 9.73. The molecule has 3 atom stereocenters. The number of Topliss-reactive ketones (excluding diaryl/α,β-unsaturated/α-hetero) is 1. The van der Waals surface area contributed by atoms with Gasteiger partial charge in [-0.15, -0.1) is 11.3 Å². The zero-order valence-corrected chi connectivity index (χ0v) is 24.1. The number of nitriles is 1. The lowest BCUT2D eigenvalue weighted by molar-refractivity contribution is -0.125. The fraction of sp³-hybridized carbons (Fsp3) is 0.633. The van der Waals surface area contributed by atoms with E-state index in [-0.39, 0.29) is 35.2 Å². The highest BCUT2D eigenvalue weighted by Gasteiger charge is 2.47. The fourth-order valence-corrected chi connectivity index (χ4v) is 8.89. The summed E-state index contributed by atoms with van der Waals surface area (Å²) in [5.41, 5.74) is 2.73. The van der Waals surface area contributed by atoms with Crippen LogP contribution in [0, 0.1) is 22.7 Å². The van der Waals surface area contributed by atoms with Gasteiger partial charge in [-0.3, -0.25) is 4.79 Å². The summed E-state index contributed by atoms with van der Waals surface area (Å²) >= 11 is 1.71. The maximum Gasteiger partial charge on any atom is 0.153 e. The molecular weight excluding hydrogens is 530 g/mol. The fourth-order valence-electron chi connectivity index (χ4n) is 6.46. The molecule has 0 amide bonds. The van der Waals surface area contributed by atoms with Crippen LogP contribution in [-0.4, -0.2) is 50.4 Å². The second-order valence-corrected chi connectivity index (χ2v) is 15.2. The second kappa shape index (κ2) is 10.9. The van der Waals surface area contributed by atoms with Crippen LogP contribution in [0.2, 0.25) is 0 Å². The van der Waals surface area contributed by atoms with Crippen LogP contribution in [0.1, 0.15) is 86.9 Å². The normalized spacial score (nSPS) is 28.0. The van der Waals surface area contributed by atoms with Gasteiger partial charge in [0, 0.05) is 43.6 Å². The molecule has 7 nitrogen and oxygen atoms in total. The van der Waals surface area contributed by atoms with Gasteiger partial charge in [0.2, 0.25) is 0 Å². The topological polar surface area (TPSA) is 100 Å². The highest BCUT2D eigenvalue weighted by Crippen LogP contribution is 2.51. The molecule has 0 bridgehead atoms. The van der Waals surface area contributed by atoms with E-state index in [2.05, 4.69) is 35.2 Å². The number of anilines is 1. The van der Waals surface area contributed by atoms with E-state index in [9.17, 15) is 18.5 Å². The number of hydrogen-bond donors (Lipinski definition) is 0. The average Bonchev–Trinajstić information content (AvgIpc) is 3.60. The molecule has 3 heterocycles.